The number of esters is 1. The van der Waals surface area contributed by atoms with Crippen LogP contribution in [-0.4, -0.2) is 37.5 Å². The predicted molar refractivity (Wildman–Crippen MR) is 123 cm³/mol. The molecule has 32 heavy (non-hydrogen) atoms. The number of methoxy groups -OCH3 is 1. The van der Waals surface area contributed by atoms with Gasteiger partial charge in [0.2, 0.25) is 0 Å². The Labute approximate surface area is 199 Å². The molecule has 0 bridgehead atoms. The van der Waals surface area contributed by atoms with Gasteiger partial charge in [-0.2, -0.15) is 0 Å². The summed E-state index contributed by atoms with van der Waals surface area (Å²) in [5.41, 5.74) is 0.493. The standard InChI is InChI=1S/C22H14Br2N2O6/c1-3-8-32-18-13(9-14(23)11-17(18)24)10-16-19(27)25-22(30)26(20(16)28)15-6-4-12(5-7-15)21(29)31-2/h1,4-7,9-11H,8H2,2H3,(H,25,27,30)/b16-10+. The fourth-order valence-electron chi connectivity index (χ4n) is 2.87. The van der Waals surface area contributed by atoms with Gasteiger partial charge in [0.25, 0.3) is 11.8 Å². The Hall–Kier alpha value is -3.42. The minimum absolute atomic E-state index is 0.0340. The fourth-order valence-corrected chi connectivity index (χ4v) is 4.24. The maximum atomic E-state index is 13.1. The Kier molecular flexibility index (Phi) is 7.12. The summed E-state index contributed by atoms with van der Waals surface area (Å²) in [4.78, 5) is 50.4. The van der Waals surface area contributed by atoms with Crippen molar-refractivity contribution in [2.75, 3.05) is 18.6 Å². The van der Waals surface area contributed by atoms with Gasteiger partial charge in [-0.15, -0.1) is 6.42 Å². The molecule has 1 fully saturated rings. The zero-order valence-electron chi connectivity index (χ0n) is 16.5. The molecule has 0 spiro atoms. The van der Waals surface area contributed by atoms with Crippen molar-refractivity contribution in [3.05, 3.63) is 62.0 Å². The van der Waals surface area contributed by atoms with E-state index in [4.69, 9.17) is 11.2 Å². The van der Waals surface area contributed by atoms with E-state index < -0.39 is 23.8 Å². The van der Waals surface area contributed by atoms with Crippen molar-refractivity contribution in [1.29, 1.82) is 0 Å². The topological polar surface area (TPSA) is 102 Å². The SMILES string of the molecule is C#CCOc1c(Br)cc(Br)cc1/C=C1\C(=O)NC(=O)N(c2ccc(C(=O)OC)cc2)C1=O. The molecule has 1 aliphatic heterocycles. The van der Waals surface area contributed by atoms with Crippen molar-refractivity contribution in [1.82, 2.24) is 5.32 Å². The number of ether oxygens (including phenoxy) is 2. The molecule has 1 saturated heterocycles. The van der Waals surface area contributed by atoms with Gasteiger partial charge in [0, 0.05) is 10.0 Å². The van der Waals surface area contributed by atoms with E-state index in [1.165, 1.54) is 37.5 Å². The van der Waals surface area contributed by atoms with E-state index in [-0.39, 0.29) is 23.4 Å². The van der Waals surface area contributed by atoms with Crippen LogP contribution in [0.1, 0.15) is 15.9 Å². The Morgan fingerprint density at radius 2 is 1.88 bits per heavy atom. The molecule has 162 valence electrons. The molecule has 4 amide bonds. The summed E-state index contributed by atoms with van der Waals surface area (Å²) < 4.78 is 11.4. The van der Waals surface area contributed by atoms with Crippen molar-refractivity contribution >= 4 is 67.4 Å². The van der Waals surface area contributed by atoms with Gasteiger partial charge < -0.3 is 9.47 Å². The molecule has 0 radical (unpaired) electrons. The van der Waals surface area contributed by atoms with Gasteiger partial charge >= 0.3 is 12.0 Å². The molecule has 2 aromatic rings. The minimum atomic E-state index is -0.915. The summed E-state index contributed by atoms with van der Waals surface area (Å²) in [5.74, 6) is 0.402. The number of carbonyl (C=O) groups excluding carboxylic acids is 4. The maximum absolute atomic E-state index is 13.1. The van der Waals surface area contributed by atoms with Crippen molar-refractivity contribution < 1.29 is 28.7 Å². The number of halogens is 2. The second-order valence-corrected chi connectivity index (χ2v) is 8.07. The van der Waals surface area contributed by atoms with Crippen molar-refractivity contribution in [3.8, 4) is 18.1 Å². The number of benzene rings is 2. The summed E-state index contributed by atoms with van der Waals surface area (Å²) in [5, 5.41) is 2.14. The lowest BCUT2D eigenvalue weighted by Crippen LogP contribution is -2.54. The van der Waals surface area contributed by atoms with E-state index in [9.17, 15) is 19.2 Å². The van der Waals surface area contributed by atoms with Gasteiger partial charge in [-0.3, -0.25) is 14.9 Å². The molecule has 0 atom stereocenters. The lowest BCUT2D eigenvalue weighted by atomic mass is 10.1. The first-order chi connectivity index (χ1) is 15.3. The third-order valence-electron chi connectivity index (χ3n) is 4.29. The zero-order valence-corrected chi connectivity index (χ0v) is 19.7. The molecule has 2 aromatic carbocycles. The molecule has 3 rings (SSSR count). The Balaban J connectivity index is 2.03. The number of amides is 4. The van der Waals surface area contributed by atoms with Gasteiger partial charge in [-0.1, -0.05) is 21.9 Å². The van der Waals surface area contributed by atoms with Crippen molar-refractivity contribution in [2.24, 2.45) is 0 Å². The van der Waals surface area contributed by atoms with Crippen LogP contribution < -0.4 is 15.0 Å². The largest absolute Gasteiger partial charge is 0.479 e. The highest BCUT2D eigenvalue weighted by molar-refractivity contribution is 9.11. The van der Waals surface area contributed by atoms with Crippen LogP contribution in [0, 0.1) is 12.3 Å². The average molecular weight is 562 g/mol. The number of hydrogen-bond acceptors (Lipinski definition) is 6. The number of carbonyl (C=O) groups is 4. The van der Waals surface area contributed by atoms with Gasteiger partial charge in [0.15, 0.2) is 0 Å². The Bertz CT molecular complexity index is 1200. The summed E-state index contributed by atoms with van der Waals surface area (Å²) in [7, 11) is 1.24. The highest BCUT2D eigenvalue weighted by atomic mass is 79.9. The molecule has 0 aromatic heterocycles. The molecular formula is C22H14Br2N2O6. The van der Waals surface area contributed by atoms with Gasteiger partial charge in [0.1, 0.15) is 17.9 Å². The van der Waals surface area contributed by atoms with Crippen LogP contribution in [0.5, 0.6) is 5.75 Å². The van der Waals surface area contributed by atoms with Crippen LogP contribution >= 0.6 is 31.9 Å². The van der Waals surface area contributed by atoms with Crippen molar-refractivity contribution in [2.45, 2.75) is 0 Å². The normalized spacial score (nSPS) is 14.8. The zero-order chi connectivity index (χ0) is 23.4. The summed E-state index contributed by atoms with van der Waals surface area (Å²) >= 11 is 6.71. The van der Waals surface area contributed by atoms with Gasteiger partial charge in [-0.05, 0) is 58.4 Å². The van der Waals surface area contributed by atoms with Crippen LogP contribution in [0.25, 0.3) is 6.08 Å². The van der Waals surface area contributed by atoms with Crippen LogP contribution in [0.4, 0.5) is 10.5 Å². The van der Waals surface area contributed by atoms with E-state index in [2.05, 4.69) is 47.8 Å². The van der Waals surface area contributed by atoms with Gasteiger partial charge in [-0.25, -0.2) is 14.5 Å². The quantitative estimate of drug-likeness (QED) is 0.259. The van der Waals surface area contributed by atoms with Crippen LogP contribution in [0.2, 0.25) is 0 Å². The van der Waals surface area contributed by atoms with Crippen LogP contribution in [0.15, 0.2) is 50.9 Å². The van der Waals surface area contributed by atoms with E-state index in [1.54, 1.807) is 12.1 Å². The number of imide groups is 2. The molecule has 1 aliphatic rings. The highest BCUT2D eigenvalue weighted by Gasteiger charge is 2.37. The van der Waals surface area contributed by atoms with E-state index in [1.807, 2.05) is 0 Å². The van der Waals surface area contributed by atoms with Crippen LogP contribution in [-0.2, 0) is 14.3 Å². The monoisotopic (exact) mass is 560 g/mol. The maximum Gasteiger partial charge on any atom is 0.337 e. The first-order valence-electron chi connectivity index (χ1n) is 8.92. The molecular weight excluding hydrogens is 548 g/mol. The van der Waals surface area contributed by atoms with Crippen molar-refractivity contribution in [3.63, 3.8) is 0 Å². The number of rotatable bonds is 5. The lowest BCUT2D eigenvalue weighted by molar-refractivity contribution is -0.122. The molecule has 8 nitrogen and oxygen atoms in total. The van der Waals surface area contributed by atoms with Crippen LogP contribution in [0.3, 0.4) is 0 Å². The molecule has 0 saturated carbocycles. The first kappa shape index (κ1) is 23.2. The highest BCUT2D eigenvalue weighted by Crippen LogP contribution is 2.35. The number of hydrogen-bond donors (Lipinski definition) is 1. The number of nitrogens with zero attached hydrogens (tertiary/aromatic N) is 1. The molecule has 0 unspecified atom stereocenters. The molecule has 1 heterocycles. The molecule has 10 heteroatoms. The molecule has 0 aliphatic carbocycles. The first-order valence-corrected chi connectivity index (χ1v) is 10.5. The lowest BCUT2D eigenvalue weighted by Gasteiger charge is -2.26. The Morgan fingerprint density at radius 3 is 2.50 bits per heavy atom. The number of barbiturate groups is 1. The second kappa shape index (κ2) is 9.80. The van der Waals surface area contributed by atoms with E-state index in [0.29, 0.717) is 20.3 Å². The van der Waals surface area contributed by atoms with Gasteiger partial charge in [0.05, 0.1) is 22.8 Å². The third-order valence-corrected chi connectivity index (χ3v) is 5.33. The number of anilines is 1. The smallest absolute Gasteiger partial charge is 0.337 e. The number of urea groups is 1. The molecule has 1 N–H and O–H groups in total. The third kappa shape index (κ3) is 4.74. The average Bonchev–Trinajstić information content (AvgIpc) is 2.75. The fraction of sp³-hybridized carbons (Fsp3) is 0.0909. The predicted octanol–water partition coefficient (Wildman–Crippen LogP) is 3.68. The van der Waals surface area contributed by atoms with E-state index in [0.717, 1.165) is 4.90 Å². The van der Waals surface area contributed by atoms with E-state index >= 15 is 0 Å². The number of terminal acetylenes is 1. The summed E-state index contributed by atoms with van der Waals surface area (Å²) in [6.07, 6.45) is 6.57. The second-order valence-electron chi connectivity index (χ2n) is 6.30. The summed E-state index contributed by atoms with van der Waals surface area (Å²) in [6, 6.07) is 8.04. The summed E-state index contributed by atoms with van der Waals surface area (Å²) in [6.45, 7) is -0.0340. The Morgan fingerprint density at radius 1 is 1.19 bits per heavy atom. The number of nitrogens with one attached hydrogen (secondary N) is 1. The minimum Gasteiger partial charge on any atom is -0.479 e.